The Bertz CT molecular complexity index is 523. The van der Waals surface area contributed by atoms with E-state index in [0.717, 1.165) is 0 Å². The van der Waals surface area contributed by atoms with Crippen LogP contribution < -0.4 is 11.0 Å². The van der Waals surface area contributed by atoms with E-state index in [1.54, 1.807) is 13.2 Å². The maximum atomic E-state index is 12.1. The highest BCUT2D eigenvalue weighted by Gasteiger charge is 2.29. The number of carbonyl (C=O) groups is 1. The number of rotatable bonds is 3. The molecule has 3 N–H and O–H groups in total. The van der Waals surface area contributed by atoms with E-state index >= 15 is 0 Å². The second-order valence-corrected chi connectivity index (χ2v) is 5.14. The first kappa shape index (κ1) is 13.1. The first-order valence-electron chi connectivity index (χ1n) is 5.65. The largest absolute Gasteiger partial charge is 0.393 e. The van der Waals surface area contributed by atoms with Crippen LogP contribution in [0.1, 0.15) is 28.9 Å². The van der Waals surface area contributed by atoms with Gasteiger partial charge in [0.2, 0.25) is 0 Å². The summed E-state index contributed by atoms with van der Waals surface area (Å²) in [6.07, 6.45) is 2.61. The fourth-order valence-corrected chi connectivity index (χ4v) is 2.56. The van der Waals surface area contributed by atoms with Gasteiger partial charge in [0.25, 0.3) is 5.91 Å². The minimum absolute atomic E-state index is 0.00790. The maximum absolute atomic E-state index is 12.1. The standard InChI is InChI=1S/C11H15N3O3S/c1-5-8(10(18-2)14-11(17)12-5)9(16)13-6-3-7(15)4-6/h6-7,15H,3-4H2,1-2H3,(H,13,16)(H,12,14,17). The highest BCUT2D eigenvalue weighted by molar-refractivity contribution is 7.98. The molecule has 1 saturated carbocycles. The molecule has 0 spiro atoms. The molecule has 98 valence electrons. The van der Waals surface area contributed by atoms with Crippen LogP contribution in [0.5, 0.6) is 0 Å². The summed E-state index contributed by atoms with van der Waals surface area (Å²) in [7, 11) is 0. The van der Waals surface area contributed by atoms with Crippen LogP contribution >= 0.6 is 11.8 Å². The van der Waals surface area contributed by atoms with Gasteiger partial charge in [-0.1, -0.05) is 0 Å². The fourth-order valence-electron chi connectivity index (χ4n) is 1.94. The summed E-state index contributed by atoms with van der Waals surface area (Å²) in [4.78, 5) is 29.6. The van der Waals surface area contributed by atoms with Gasteiger partial charge in [-0.2, -0.15) is 4.98 Å². The molecule has 0 radical (unpaired) electrons. The van der Waals surface area contributed by atoms with Crippen molar-refractivity contribution in [3.05, 3.63) is 21.7 Å². The van der Waals surface area contributed by atoms with Gasteiger partial charge in [0.15, 0.2) is 0 Å². The number of aliphatic hydroxyl groups is 1. The van der Waals surface area contributed by atoms with E-state index in [0.29, 0.717) is 29.1 Å². The van der Waals surface area contributed by atoms with Gasteiger partial charge in [-0.05, 0) is 26.0 Å². The first-order valence-corrected chi connectivity index (χ1v) is 6.87. The molecule has 0 unspecified atom stereocenters. The van der Waals surface area contributed by atoms with E-state index in [2.05, 4.69) is 15.3 Å². The Morgan fingerprint density at radius 3 is 2.78 bits per heavy atom. The van der Waals surface area contributed by atoms with Crippen molar-refractivity contribution in [1.82, 2.24) is 15.3 Å². The maximum Gasteiger partial charge on any atom is 0.346 e. The fraction of sp³-hybridized carbons (Fsp3) is 0.545. The first-order chi connectivity index (χ1) is 8.51. The molecule has 1 aliphatic carbocycles. The molecule has 0 aromatic carbocycles. The monoisotopic (exact) mass is 269 g/mol. The zero-order valence-corrected chi connectivity index (χ0v) is 11.0. The lowest BCUT2D eigenvalue weighted by molar-refractivity contribution is 0.0560. The molecule has 7 heteroatoms. The second kappa shape index (κ2) is 5.11. The van der Waals surface area contributed by atoms with E-state index in [-0.39, 0.29) is 18.1 Å². The van der Waals surface area contributed by atoms with Crippen LogP contribution in [-0.2, 0) is 0 Å². The van der Waals surface area contributed by atoms with Crippen molar-refractivity contribution in [2.24, 2.45) is 0 Å². The van der Waals surface area contributed by atoms with Gasteiger partial charge in [0, 0.05) is 11.7 Å². The van der Waals surface area contributed by atoms with Crippen molar-refractivity contribution in [1.29, 1.82) is 0 Å². The van der Waals surface area contributed by atoms with Crippen molar-refractivity contribution in [2.75, 3.05) is 6.26 Å². The van der Waals surface area contributed by atoms with Crippen molar-refractivity contribution in [3.63, 3.8) is 0 Å². The number of nitrogens with zero attached hydrogens (tertiary/aromatic N) is 1. The third-order valence-electron chi connectivity index (χ3n) is 2.96. The average Bonchev–Trinajstić information content (AvgIpc) is 2.25. The lowest BCUT2D eigenvalue weighted by atomic mass is 9.89. The smallest absolute Gasteiger partial charge is 0.346 e. The molecule has 1 aliphatic rings. The van der Waals surface area contributed by atoms with Crippen molar-refractivity contribution in [2.45, 2.75) is 36.9 Å². The molecular weight excluding hydrogens is 254 g/mol. The molecule has 2 rings (SSSR count). The van der Waals surface area contributed by atoms with Crippen LogP contribution in [0.2, 0.25) is 0 Å². The van der Waals surface area contributed by atoms with Crippen molar-refractivity contribution < 1.29 is 9.90 Å². The highest BCUT2D eigenvalue weighted by Crippen LogP contribution is 2.22. The van der Waals surface area contributed by atoms with Gasteiger partial charge < -0.3 is 15.4 Å². The summed E-state index contributed by atoms with van der Waals surface area (Å²) in [5.74, 6) is -0.252. The number of nitrogens with one attached hydrogen (secondary N) is 2. The lowest BCUT2D eigenvalue weighted by Gasteiger charge is -2.32. The predicted molar refractivity (Wildman–Crippen MR) is 67.9 cm³/mol. The van der Waals surface area contributed by atoms with Crippen LogP contribution in [0.15, 0.2) is 9.82 Å². The summed E-state index contributed by atoms with van der Waals surface area (Å²) in [5, 5.41) is 12.4. The summed E-state index contributed by atoms with van der Waals surface area (Å²) < 4.78 is 0. The third kappa shape index (κ3) is 2.56. The van der Waals surface area contributed by atoms with Crippen LogP contribution in [0.3, 0.4) is 0 Å². The van der Waals surface area contributed by atoms with Crippen LogP contribution in [0.25, 0.3) is 0 Å². The Labute approximate surface area is 108 Å². The Balaban J connectivity index is 2.21. The molecule has 1 aromatic heterocycles. The number of aliphatic hydroxyl groups excluding tert-OH is 1. The van der Waals surface area contributed by atoms with E-state index < -0.39 is 5.69 Å². The quantitative estimate of drug-likeness (QED) is 0.532. The lowest BCUT2D eigenvalue weighted by Crippen LogP contribution is -2.47. The van der Waals surface area contributed by atoms with Gasteiger partial charge >= 0.3 is 5.69 Å². The normalized spacial score (nSPS) is 22.4. The average molecular weight is 269 g/mol. The minimum Gasteiger partial charge on any atom is -0.393 e. The van der Waals surface area contributed by atoms with Crippen LogP contribution in [0, 0.1) is 6.92 Å². The molecule has 0 aliphatic heterocycles. The number of hydrogen-bond donors (Lipinski definition) is 3. The van der Waals surface area contributed by atoms with Gasteiger partial charge in [-0.25, -0.2) is 4.79 Å². The number of aromatic amines is 1. The van der Waals surface area contributed by atoms with Crippen LogP contribution in [-0.4, -0.2) is 39.4 Å². The number of H-pyrrole nitrogens is 1. The van der Waals surface area contributed by atoms with E-state index in [4.69, 9.17) is 0 Å². The summed E-state index contributed by atoms with van der Waals surface area (Å²) >= 11 is 1.26. The van der Waals surface area contributed by atoms with Gasteiger partial charge in [0.05, 0.1) is 11.7 Å². The van der Waals surface area contributed by atoms with E-state index in [9.17, 15) is 14.7 Å². The predicted octanol–water partition coefficient (Wildman–Crippen LogP) is 0.0533. The number of carbonyl (C=O) groups excluding carboxylic acids is 1. The SMILES string of the molecule is CSc1nc(=O)[nH]c(C)c1C(=O)NC1CC(O)C1. The minimum atomic E-state index is -0.451. The van der Waals surface area contributed by atoms with Crippen molar-refractivity contribution in [3.8, 4) is 0 Å². The number of thioether (sulfide) groups is 1. The summed E-state index contributed by atoms with van der Waals surface area (Å²) in [6, 6.07) is 0.00790. The number of aryl methyl sites for hydroxylation is 1. The van der Waals surface area contributed by atoms with Gasteiger partial charge in [0.1, 0.15) is 5.03 Å². The molecule has 0 saturated heterocycles. The molecule has 1 fully saturated rings. The molecule has 1 amide bonds. The molecule has 0 atom stereocenters. The second-order valence-electron chi connectivity index (χ2n) is 4.35. The topological polar surface area (TPSA) is 95.1 Å². The molecule has 1 heterocycles. The van der Waals surface area contributed by atoms with E-state index in [1.165, 1.54) is 11.8 Å². The van der Waals surface area contributed by atoms with E-state index in [1.807, 2.05) is 0 Å². The van der Waals surface area contributed by atoms with Crippen molar-refractivity contribution >= 4 is 17.7 Å². The number of amides is 1. The molecular formula is C11H15N3O3S. The Hall–Kier alpha value is -1.34. The molecule has 1 aromatic rings. The third-order valence-corrected chi connectivity index (χ3v) is 3.64. The summed E-state index contributed by atoms with van der Waals surface area (Å²) in [5.41, 5.74) is 0.465. The number of hydrogen-bond acceptors (Lipinski definition) is 5. The Morgan fingerprint density at radius 2 is 2.22 bits per heavy atom. The Kier molecular flexibility index (Phi) is 3.72. The van der Waals surface area contributed by atoms with Gasteiger partial charge in [-0.15, -0.1) is 11.8 Å². The van der Waals surface area contributed by atoms with Crippen LogP contribution in [0.4, 0.5) is 0 Å². The Morgan fingerprint density at radius 1 is 1.56 bits per heavy atom. The highest BCUT2D eigenvalue weighted by atomic mass is 32.2. The zero-order chi connectivity index (χ0) is 13.3. The zero-order valence-electron chi connectivity index (χ0n) is 10.2. The molecule has 0 bridgehead atoms. The number of aromatic nitrogens is 2. The molecule has 18 heavy (non-hydrogen) atoms. The molecule has 6 nitrogen and oxygen atoms in total. The summed E-state index contributed by atoms with van der Waals surface area (Å²) in [6.45, 7) is 1.67. The van der Waals surface area contributed by atoms with Gasteiger partial charge in [-0.3, -0.25) is 4.79 Å².